The Hall–Kier alpha value is -0.930. The van der Waals surface area contributed by atoms with Gasteiger partial charge in [0.15, 0.2) is 5.96 Å². The van der Waals surface area contributed by atoms with E-state index in [0.717, 1.165) is 63.9 Å². The Labute approximate surface area is 167 Å². The third-order valence-corrected chi connectivity index (χ3v) is 4.03. The average molecular weight is 464 g/mol. The molecule has 0 aliphatic carbocycles. The van der Waals surface area contributed by atoms with Crippen LogP contribution in [-0.2, 0) is 11.3 Å². The molecule has 0 aromatic heterocycles. The summed E-state index contributed by atoms with van der Waals surface area (Å²) in [5.41, 5.74) is 1.67. The van der Waals surface area contributed by atoms with E-state index >= 15 is 0 Å². The molecule has 0 atom stereocenters. The molecule has 0 saturated carbocycles. The number of morpholine rings is 1. The fourth-order valence-corrected chi connectivity index (χ4v) is 2.65. The molecule has 1 aliphatic rings. The van der Waals surface area contributed by atoms with Crippen molar-refractivity contribution in [1.82, 2.24) is 15.5 Å². The molecule has 1 heterocycles. The fraction of sp³-hybridized carbons (Fsp3) is 0.611. The highest BCUT2D eigenvalue weighted by Crippen LogP contribution is 2.10. The Morgan fingerprint density at radius 1 is 1.28 bits per heavy atom. The van der Waals surface area contributed by atoms with E-state index < -0.39 is 0 Å². The normalized spacial score (nSPS) is 15.6. The monoisotopic (exact) mass is 464 g/mol. The van der Waals surface area contributed by atoms with Gasteiger partial charge in [-0.05, 0) is 44.0 Å². The summed E-state index contributed by atoms with van der Waals surface area (Å²) in [6, 6.07) is 5.14. The van der Waals surface area contributed by atoms with Gasteiger partial charge in [-0.25, -0.2) is 9.38 Å². The Morgan fingerprint density at radius 2 is 2.04 bits per heavy atom. The molecule has 1 aromatic carbocycles. The van der Waals surface area contributed by atoms with Gasteiger partial charge in [-0.15, -0.1) is 24.0 Å². The number of halogens is 2. The van der Waals surface area contributed by atoms with Crippen molar-refractivity contribution in [2.75, 3.05) is 45.9 Å². The lowest BCUT2D eigenvalue weighted by molar-refractivity contribution is 0.0376. The van der Waals surface area contributed by atoms with Crippen molar-refractivity contribution in [1.29, 1.82) is 0 Å². The maximum atomic E-state index is 13.3. The van der Waals surface area contributed by atoms with E-state index in [1.165, 1.54) is 6.07 Å². The molecule has 0 amide bonds. The van der Waals surface area contributed by atoms with Crippen LogP contribution in [0.15, 0.2) is 23.2 Å². The Morgan fingerprint density at radius 3 is 2.72 bits per heavy atom. The van der Waals surface area contributed by atoms with Gasteiger partial charge in [0.2, 0.25) is 0 Å². The molecule has 25 heavy (non-hydrogen) atoms. The SMILES string of the molecule is CCNC(=NCc1ccc(F)c(C)c1)NCCCN1CCOCC1.I. The zero-order valence-corrected chi connectivity index (χ0v) is 17.5. The predicted octanol–water partition coefficient (Wildman–Crippen LogP) is 2.53. The van der Waals surface area contributed by atoms with E-state index in [-0.39, 0.29) is 29.8 Å². The number of hydrogen-bond donors (Lipinski definition) is 2. The summed E-state index contributed by atoms with van der Waals surface area (Å²) in [4.78, 5) is 7.00. The third-order valence-electron chi connectivity index (χ3n) is 4.03. The van der Waals surface area contributed by atoms with Gasteiger partial charge in [0.05, 0.1) is 19.8 Å². The number of guanidine groups is 1. The predicted molar refractivity (Wildman–Crippen MR) is 111 cm³/mol. The van der Waals surface area contributed by atoms with Gasteiger partial charge in [0.1, 0.15) is 5.82 Å². The van der Waals surface area contributed by atoms with Crippen LogP contribution < -0.4 is 10.6 Å². The zero-order valence-electron chi connectivity index (χ0n) is 15.2. The molecule has 0 radical (unpaired) electrons. The summed E-state index contributed by atoms with van der Waals surface area (Å²) in [5.74, 6) is 0.636. The molecule has 0 spiro atoms. The molecule has 1 aromatic rings. The van der Waals surface area contributed by atoms with E-state index in [2.05, 4.69) is 20.5 Å². The maximum Gasteiger partial charge on any atom is 0.191 e. The molecule has 1 saturated heterocycles. The first-order valence-corrected chi connectivity index (χ1v) is 8.76. The molecule has 2 N–H and O–H groups in total. The highest BCUT2D eigenvalue weighted by molar-refractivity contribution is 14.0. The highest BCUT2D eigenvalue weighted by Gasteiger charge is 2.09. The zero-order chi connectivity index (χ0) is 17.2. The molecule has 142 valence electrons. The lowest BCUT2D eigenvalue weighted by Gasteiger charge is -2.26. The van der Waals surface area contributed by atoms with Crippen LogP contribution in [0.5, 0.6) is 0 Å². The minimum atomic E-state index is -0.170. The number of hydrogen-bond acceptors (Lipinski definition) is 3. The Bertz CT molecular complexity index is 536. The van der Waals surface area contributed by atoms with Crippen LogP contribution in [0, 0.1) is 12.7 Å². The van der Waals surface area contributed by atoms with E-state index in [1.54, 1.807) is 13.0 Å². The summed E-state index contributed by atoms with van der Waals surface area (Å²) in [6.07, 6.45) is 1.07. The standard InChI is InChI=1S/C18H29FN4O.HI/c1-3-20-18(21-7-4-8-23-9-11-24-12-10-23)22-14-16-5-6-17(19)15(2)13-16;/h5-6,13H,3-4,7-12,14H2,1-2H3,(H2,20,21,22);1H. The molecule has 0 bridgehead atoms. The van der Waals surface area contributed by atoms with Gasteiger partial charge in [-0.3, -0.25) is 4.90 Å². The lowest BCUT2D eigenvalue weighted by Crippen LogP contribution is -2.40. The third kappa shape index (κ3) is 8.33. The molecule has 1 aliphatic heterocycles. The van der Waals surface area contributed by atoms with Crippen molar-refractivity contribution in [2.45, 2.75) is 26.8 Å². The number of ether oxygens (including phenoxy) is 1. The van der Waals surface area contributed by atoms with Crippen LogP contribution in [0.3, 0.4) is 0 Å². The number of aliphatic imine (C=N–C) groups is 1. The van der Waals surface area contributed by atoms with Gasteiger partial charge in [0, 0.05) is 26.2 Å². The first-order chi connectivity index (χ1) is 11.7. The Kier molecular flexibility index (Phi) is 11.0. The highest BCUT2D eigenvalue weighted by atomic mass is 127. The number of aryl methyl sites for hydroxylation is 1. The summed E-state index contributed by atoms with van der Waals surface area (Å²) in [7, 11) is 0. The molecular formula is C18H30FIN4O. The quantitative estimate of drug-likeness (QED) is 0.282. The van der Waals surface area contributed by atoms with Crippen LogP contribution >= 0.6 is 24.0 Å². The van der Waals surface area contributed by atoms with Crippen LogP contribution in [0.4, 0.5) is 4.39 Å². The molecule has 5 nitrogen and oxygen atoms in total. The lowest BCUT2D eigenvalue weighted by atomic mass is 10.1. The topological polar surface area (TPSA) is 48.9 Å². The van der Waals surface area contributed by atoms with Crippen molar-refractivity contribution >= 4 is 29.9 Å². The van der Waals surface area contributed by atoms with Gasteiger partial charge in [-0.2, -0.15) is 0 Å². The number of rotatable bonds is 7. The van der Waals surface area contributed by atoms with Crippen molar-refractivity contribution in [3.63, 3.8) is 0 Å². The second kappa shape index (κ2) is 12.4. The largest absolute Gasteiger partial charge is 0.379 e. The van der Waals surface area contributed by atoms with Crippen LogP contribution in [0.1, 0.15) is 24.5 Å². The first kappa shape index (κ1) is 22.1. The minimum Gasteiger partial charge on any atom is -0.379 e. The summed E-state index contributed by atoms with van der Waals surface area (Å²) in [5, 5.41) is 6.61. The number of benzene rings is 1. The summed E-state index contributed by atoms with van der Waals surface area (Å²) >= 11 is 0. The van der Waals surface area contributed by atoms with E-state index in [4.69, 9.17) is 4.74 Å². The van der Waals surface area contributed by atoms with Crippen molar-refractivity contribution in [3.05, 3.63) is 35.1 Å². The van der Waals surface area contributed by atoms with Gasteiger partial charge < -0.3 is 15.4 Å². The van der Waals surface area contributed by atoms with Crippen LogP contribution in [0.25, 0.3) is 0 Å². The smallest absolute Gasteiger partial charge is 0.191 e. The van der Waals surface area contributed by atoms with E-state index in [0.29, 0.717) is 12.1 Å². The molecule has 7 heteroatoms. The fourth-order valence-electron chi connectivity index (χ4n) is 2.65. The molecule has 0 unspecified atom stereocenters. The first-order valence-electron chi connectivity index (χ1n) is 8.76. The van der Waals surface area contributed by atoms with E-state index in [9.17, 15) is 4.39 Å². The van der Waals surface area contributed by atoms with Gasteiger partial charge in [0.25, 0.3) is 0 Å². The second-order valence-corrected chi connectivity index (χ2v) is 6.01. The van der Waals surface area contributed by atoms with Crippen molar-refractivity contribution in [2.24, 2.45) is 4.99 Å². The molecule has 2 rings (SSSR count). The Balaban J connectivity index is 0.00000312. The number of nitrogens with one attached hydrogen (secondary N) is 2. The van der Waals surface area contributed by atoms with E-state index in [1.807, 2.05) is 13.0 Å². The van der Waals surface area contributed by atoms with Crippen molar-refractivity contribution < 1.29 is 9.13 Å². The van der Waals surface area contributed by atoms with Crippen molar-refractivity contribution in [3.8, 4) is 0 Å². The molecule has 1 fully saturated rings. The average Bonchev–Trinajstić information content (AvgIpc) is 2.60. The summed E-state index contributed by atoms with van der Waals surface area (Å²) < 4.78 is 18.7. The summed E-state index contributed by atoms with van der Waals surface area (Å²) in [6.45, 7) is 10.9. The second-order valence-electron chi connectivity index (χ2n) is 6.01. The van der Waals surface area contributed by atoms with Crippen LogP contribution in [-0.4, -0.2) is 56.8 Å². The van der Waals surface area contributed by atoms with Gasteiger partial charge in [-0.1, -0.05) is 12.1 Å². The maximum absolute atomic E-state index is 13.3. The van der Waals surface area contributed by atoms with Crippen LogP contribution in [0.2, 0.25) is 0 Å². The number of nitrogens with zero attached hydrogens (tertiary/aromatic N) is 2. The minimum absolute atomic E-state index is 0. The molecular weight excluding hydrogens is 434 g/mol. The van der Waals surface area contributed by atoms with Gasteiger partial charge >= 0.3 is 0 Å².